The highest BCUT2D eigenvalue weighted by molar-refractivity contribution is 6.05. The van der Waals surface area contributed by atoms with Crippen molar-refractivity contribution in [1.29, 1.82) is 0 Å². The third-order valence-electron chi connectivity index (χ3n) is 6.81. The second-order valence-electron chi connectivity index (χ2n) is 11.3. The molecular formula is C30H32O6. The SMILES string of the molecule is CC1(C)CC(=O)C(C(C2=C(O)CC(C)(C)CC2=O)c2ccccc2OC(=O)c2ccccc2)=C(O)C1. The van der Waals surface area contributed by atoms with Gasteiger partial charge in [-0.1, -0.05) is 64.1 Å². The molecule has 0 heterocycles. The van der Waals surface area contributed by atoms with Crippen molar-refractivity contribution in [1.82, 2.24) is 0 Å². The Morgan fingerprint density at radius 2 is 1.22 bits per heavy atom. The minimum Gasteiger partial charge on any atom is -0.512 e. The molecule has 2 aliphatic carbocycles. The fourth-order valence-corrected chi connectivity index (χ4v) is 5.26. The summed E-state index contributed by atoms with van der Waals surface area (Å²) >= 11 is 0. The number of hydrogen-bond acceptors (Lipinski definition) is 6. The Hall–Kier alpha value is -3.67. The molecule has 2 aliphatic rings. The lowest BCUT2D eigenvalue weighted by molar-refractivity contribution is -0.119. The van der Waals surface area contributed by atoms with Gasteiger partial charge in [-0.15, -0.1) is 0 Å². The Kier molecular flexibility index (Phi) is 6.65. The Bertz CT molecular complexity index is 1230. The summed E-state index contributed by atoms with van der Waals surface area (Å²) < 4.78 is 5.75. The minimum absolute atomic E-state index is 0.0761. The number of para-hydroxylation sites is 1. The van der Waals surface area contributed by atoms with Crippen molar-refractivity contribution < 1.29 is 29.3 Å². The fourth-order valence-electron chi connectivity index (χ4n) is 5.26. The van der Waals surface area contributed by atoms with E-state index >= 15 is 0 Å². The quantitative estimate of drug-likeness (QED) is 0.373. The lowest BCUT2D eigenvalue weighted by atomic mass is 9.67. The molecule has 2 aromatic rings. The van der Waals surface area contributed by atoms with E-state index in [9.17, 15) is 24.6 Å². The van der Waals surface area contributed by atoms with Gasteiger partial charge >= 0.3 is 5.97 Å². The number of carbonyl (C=O) groups excluding carboxylic acids is 3. The highest BCUT2D eigenvalue weighted by Crippen LogP contribution is 2.49. The number of esters is 1. The first-order valence-corrected chi connectivity index (χ1v) is 12.2. The third kappa shape index (κ3) is 5.13. The molecule has 0 spiro atoms. The van der Waals surface area contributed by atoms with E-state index in [1.165, 1.54) is 0 Å². The van der Waals surface area contributed by atoms with Crippen molar-refractivity contribution in [3.63, 3.8) is 0 Å². The van der Waals surface area contributed by atoms with E-state index in [1.807, 2.05) is 27.7 Å². The predicted molar refractivity (Wildman–Crippen MR) is 136 cm³/mol. The summed E-state index contributed by atoms with van der Waals surface area (Å²) in [5, 5.41) is 22.2. The van der Waals surface area contributed by atoms with Gasteiger partial charge in [0.05, 0.1) is 11.5 Å². The van der Waals surface area contributed by atoms with Crippen LogP contribution in [0.1, 0.15) is 75.2 Å². The Labute approximate surface area is 211 Å². The van der Waals surface area contributed by atoms with Crippen LogP contribution in [0.4, 0.5) is 0 Å². The molecule has 0 atom stereocenters. The summed E-state index contributed by atoms with van der Waals surface area (Å²) in [4.78, 5) is 39.8. The predicted octanol–water partition coefficient (Wildman–Crippen LogP) is 6.39. The van der Waals surface area contributed by atoms with Crippen LogP contribution < -0.4 is 4.74 Å². The Morgan fingerprint density at radius 3 is 1.72 bits per heavy atom. The van der Waals surface area contributed by atoms with Crippen LogP contribution in [-0.2, 0) is 9.59 Å². The smallest absolute Gasteiger partial charge is 0.343 e. The summed E-state index contributed by atoms with van der Waals surface area (Å²) in [5.41, 5.74) is -0.0169. The molecular weight excluding hydrogens is 456 g/mol. The molecule has 0 radical (unpaired) electrons. The third-order valence-corrected chi connectivity index (χ3v) is 6.81. The van der Waals surface area contributed by atoms with E-state index in [1.54, 1.807) is 54.6 Å². The van der Waals surface area contributed by atoms with Crippen molar-refractivity contribution in [3.8, 4) is 5.75 Å². The number of ketones is 2. The fraction of sp³-hybridized carbons (Fsp3) is 0.367. The van der Waals surface area contributed by atoms with Gasteiger partial charge in [-0.25, -0.2) is 4.79 Å². The van der Waals surface area contributed by atoms with Gasteiger partial charge in [-0.3, -0.25) is 9.59 Å². The highest BCUT2D eigenvalue weighted by atomic mass is 16.5. The van der Waals surface area contributed by atoms with Crippen LogP contribution in [0.2, 0.25) is 0 Å². The Balaban J connectivity index is 1.89. The van der Waals surface area contributed by atoms with E-state index in [0.717, 1.165) is 0 Å². The zero-order valence-corrected chi connectivity index (χ0v) is 21.1. The van der Waals surface area contributed by atoms with Crippen LogP contribution in [0, 0.1) is 10.8 Å². The van der Waals surface area contributed by atoms with E-state index in [-0.39, 0.29) is 65.7 Å². The van der Waals surface area contributed by atoms with Gasteiger partial charge in [0.2, 0.25) is 0 Å². The zero-order chi connectivity index (χ0) is 26.3. The number of carbonyl (C=O) groups is 3. The maximum absolute atomic E-state index is 13.4. The molecule has 0 aromatic heterocycles. The number of aliphatic hydroxyl groups excluding tert-OH is 2. The van der Waals surface area contributed by atoms with Crippen molar-refractivity contribution in [2.75, 3.05) is 0 Å². The van der Waals surface area contributed by atoms with Crippen LogP contribution in [0.3, 0.4) is 0 Å². The first-order valence-electron chi connectivity index (χ1n) is 12.2. The molecule has 0 fully saturated rings. The lowest BCUT2D eigenvalue weighted by Crippen LogP contribution is -2.33. The second-order valence-corrected chi connectivity index (χ2v) is 11.3. The molecule has 6 heteroatoms. The van der Waals surface area contributed by atoms with Gasteiger partial charge in [0.25, 0.3) is 0 Å². The number of rotatable bonds is 5. The average Bonchev–Trinajstić information content (AvgIpc) is 2.76. The molecule has 0 saturated carbocycles. The number of benzene rings is 2. The van der Waals surface area contributed by atoms with E-state index in [2.05, 4.69) is 0 Å². The first-order chi connectivity index (χ1) is 16.9. The van der Waals surface area contributed by atoms with Gasteiger partial charge < -0.3 is 14.9 Å². The van der Waals surface area contributed by atoms with Gasteiger partial charge in [0, 0.05) is 42.4 Å². The molecule has 0 amide bonds. The molecule has 4 rings (SSSR count). The van der Waals surface area contributed by atoms with E-state index in [4.69, 9.17) is 4.74 Å². The maximum Gasteiger partial charge on any atom is 0.343 e. The van der Waals surface area contributed by atoms with Gasteiger partial charge in [-0.05, 0) is 29.0 Å². The largest absolute Gasteiger partial charge is 0.512 e. The monoisotopic (exact) mass is 488 g/mol. The summed E-state index contributed by atoms with van der Waals surface area (Å²) in [7, 11) is 0. The van der Waals surface area contributed by atoms with Crippen molar-refractivity contribution in [3.05, 3.63) is 88.4 Å². The van der Waals surface area contributed by atoms with E-state index in [0.29, 0.717) is 11.1 Å². The zero-order valence-electron chi connectivity index (χ0n) is 21.1. The number of ether oxygens (including phenoxy) is 1. The van der Waals surface area contributed by atoms with Crippen molar-refractivity contribution in [2.45, 2.75) is 59.3 Å². The first kappa shape index (κ1) is 25.4. The van der Waals surface area contributed by atoms with Crippen LogP contribution >= 0.6 is 0 Å². The minimum atomic E-state index is -1.06. The molecule has 188 valence electrons. The van der Waals surface area contributed by atoms with Crippen LogP contribution in [0.25, 0.3) is 0 Å². The molecule has 6 nitrogen and oxygen atoms in total. The highest BCUT2D eigenvalue weighted by Gasteiger charge is 2.44. The molecule has 0 saturated heterocycles. The number of allylic oxidation sites excluding steroid dienone is 4. The normalized spacial score (nSPS) is 19.6. The second kappa shape index (κ2) is 9.41. The number of Topliss-reactive ketones (excluding diaryl/α,β-unsaturated/α-hetero) is 2. The summed E-state index contributed by atoms with van der Waals surface area (Å²) in [6.07, 6.45) is 0.875. The van der Waals surface area contributed by atoms with Crippen LogP contribution in [-0.4, -0.2) is 27.7 Å². The molecule has 36 heavy (non-hydrogen) atoms. The molecule has 0 bridgehead atoms. The van der Waals surface area contributed by atoms with Gasteiger partial charge in [-0.2, -0.15) is 0 Å². The summed E-state index contributed by atoms with van der Waals surface area (Å²) in [5.74, 6) is -2.30. The van der Waals surface area contributed by atoms with Crippen LogP contribution in [0.15, 0.2) is 77.3 Å². The number of hydrogen-bond donors (Lipinski definition) is 2. The number of aliphatic hydroxyl groups is 2. The molecule has 0 unspecified atom stereocenters. The summed E-state index contributed by atoms with van der Waals surface area (Å²) in [6.45, 7) is 7.59. The van der Waals surface area contributed by atoms with Gasteiger partial charge in [0.15, 0.2) is 11.6 Å². The van der Waals surface area contributed by atoms with Gasteiger partial charge in [0.1, 0.15) is 17.3 Å². The van der Waals surface area contributed by atoms with E-state index < -0.39 is 22.7 Å². The molecule has 2 aromatic carbocycles. The standard InChI is InChI=1S/C30H32O6/c1-29(2)14-20(31)26(21(32)15-29)25(27-22(33)16-30(3,4)17-23(27)34)19-12-8-9-13-24(19)36-28(35)18-10-6-5-7-11-18/h5-13,25,31,33H,14-17H2,1-4H3. The topological polar surface area (TPSA) is 101 Å². The van der Waals surface area contributed by atoms with Crippen molar-refractivity contribution >= 4 is 17.5 Å². The Morgan fingerprint density at radius 1 is 0.750 bits per heavy atom. The van der Waals surface area contributed by atoms with Crippen LogP contribution in [0.5, 0.6) is 5.75 Å². The maximum atomic E-state index is 13.4. The summed E-state index contributed by atoms with van der Waals surface area (Å²) in [6, 6.07) is 15.2. The molecule has 0 aliphatic heterocycles. The van der Waals surface area contributed by atoms with Crippen molar-refractivity contribution in [2.24, 2.45) is 10.8 Å². The average molecular weight is 489 g/mol. The lowest BCUT2D eigenvalue weighted by Gasteiger charge is -2.36. The molecule has 2 N–H and O–H groups in total.